The maximum atomic E-state index is 12.7. The Balaban J connectivity index is 4.63. The molecule has 8 nitrogen and oxygen atoms in total. The van der Waals surface area contributed by atoms with Gasteiger partial charge in [0, 0.05) is 6.42 Å². The van der Waals surface area contributed by atoms with Crippen LogP contribution in [0.5, 0.6) is 0 Å². The number of rotatable bonds is 31. The summed E-state index contributed by atoms with van der Waals surface area (Å²) in [5.41, 5.74) is 0. The Morgan fingerprint density at radius 2 is 1.30 bits per heavy atom. The van der Waals surface area contributed by atoms with Crippen LogP contribution in [0.2, 0.25) is 0 Å². The molecule has 0 heterocycles. The molecule has 0 bridgehead atoms. The van der Waals surface area contributed by atoms with Gasteiger partial charge in [-0.2, -0.15) is 0 Å². The van der Waals surface area contributed by atoms with Crippen LogP contribution in [-0.2, 0) is 18.4 Å². The number of phosphoric ester groups is 1. The zero-order valence-electron chi connectivity index (χ0n) is 30.0. The lowest BCUT2D eigenvalue weighted by atomic mass is 10.1. The molecule has 9 heteroatoms. The van der Waals surface area contributed by atoms with Gasteiger partial charge in [0.05, 0.1) is 39.9 Å². The zero-order valence-corrected chi connectivity index (χ0v) is 30.9. The first-order valence-corrected chi connectivity index (χ1v) is 19.5. The molecule has 2 N–H and O–H groups in total. The van der Waals surface area contributed by atoms with Crippen LogP contribution in [0.25, 0.3) is 0 Å². The number of likely N-dealkylation sites (N-methyl/N-ethyl adjacent to an activating group) is 1. The third-order valence-corrected chi connectivity index (χ3v) is 8.48. The third-order valence-electron chi connectivity index (χ3n) is 7.51. The van der Waals surface area contributed by atoms with Gasteiger partial charge < -0.3 is 28.8 Å². The minimum absolute atomic E-state index is 0.0113. The fourth-order valence-corrected chi connectivity index (χ4v) is 5.26. The van der Waals surface area contributed by atoms with E-state index >= 15 is 0 Å². The molecule has 0 aromatic rings. The molecule has 3 unspecified atom stereocenters. The van der Waals surface area contributed by atoms with Crippen LogP contribution in [0.3, 0.4) is 0 Å². The average Bonchev–Trinajstić information content (AvgIpc) is 2.99. The minimum atomic E-state index is -4.59. The minimum Gasteiger partial charge on any atom is -0.756 e. The van der Waals surface area contributed by atoms with E-state index in [0.717, 1.165) is 64.2 Å². The summed E-state index contributed by atoms with van der Waals surface area (Å²) in [7, 11) is 1.22. The Kier molecular flexibility index (Phi) is 28.6. The summed E-state index contributed by atoms with van der Waals surface area (Å²) in [5.74, 6) is -0.228. The number of nitrogens with one attached hydrogen (secondary N) is 1. The maximum absolute atomic E-state index is 12.7. The van der Waals surface area contributed by atoms with E-state index in [2.05, 4.69) is 55.6 Å². The molecule has 46 heavy (non-hydrogen) atoms. The second kappa shape index (κ2) is 29.6. The van der Waals surface area contributed by atoms with E-state index in [1.807, 2.05) is 27.2 Å². The first-order valence-electron chi connectivity index (χ1n) is 18.0. The van der Waals surface area contributed by atoms with E-state index in [0.29, 0.717) is 17.4 Å². The molecule has 0 aliphatic carbocycles. The van der Waals surface area contributed by atoms with Gasteiger partial charge in [-0.05, 0) is 57.8 Å². The molecule has 0 saturated heterocycles. The van der Waals surface area contributed by atoms with Crippen molar-refractivity contribution in [3.05, 3.63) is 48.6 Å². The van der Waals surface area contributed by atoms with Crippen molar-refractivity contribution in [3.8, 4) is 0 Å². The number of carbonyl (C=O) groups excluding carboxylic acids is 1. The van der Waals surface area contributed by atoms with Gasteiger partial charge in [0.2, 0.25) is 5.91 Å². The van der Waals surface area contributed by atoms with Gasteiger partial charge in [0.15, 0.2) is 0 Å². The number of aliphatic hydroxyl groups is 1. The number of hydrogen-bond acceptors (Lipinski definition) is 6. The Morgan fingerprint density at radius 1 is 0.761 bits per heavy atom. The van der Waals surface area contributed by atoms with E-state index in [1.165, 1.54) is 44.9 Å². The molecular weight excluding hydrogens is 599 g/mol. The number of carbonyl (C=O) groups is 1. The highest BCUT2D eigenvalue weighted by atomic mass is 31.2. The maximum Gasteiger partial charge on any atom is 0.268 e. The number of nitrogens with zero attached hydrogens (tertiary/aromatic N) is 1. The van der Waals surface area contributed by atoms with E-state index in [-0.39, 0.29) is 12.5 Å². The monoisotopic (exact) mass is 668 g/mol. The molecule has 0 fully saturated rings. The molecule has 0 saturated carbocycles. The molecular formula is C37H69N2O6P. The van der Waals surface area contributed by atoms with Crippen molar-refractivity contribution in [2.24, 2.45) is 0 Å². The molecule has 3 atom stereocenters. The first-order chi connectivity index (χ1) is 22.0. The van der Waals surface area contributed by atoms with Crippen molar-refractivity contribution in [2.45, 2.75) is 142 Å². The summed E-state index contributed by atoms with van der Waals surface area (Å²) in [6.45, 7) is 4.49. The number of amides is 1. The predicted octanol–water partition coefficient (Wildman–Crippen LogP) is 8.33. The molecule has 0 radical (unpaired) electrons. The van der Waals surface area contributed by atoms with E-state index in [9.17, 15) is 19.4 Å². The normalized spacial score (nSPS) is 15.4. The van der Waals surface area contributed by atoms with Crippen molar-refractivity contribution in [1.82, 2.24) is 5.32 Å². The van der Waals surface area contributed by atoms with Crippen LogP contribution < -0.4 is 10.2 Å². The van der Waals surface area contributed by atoms with Crippen molar-refractivity contribution >= 4 is 13.7 Å². The Bertz CT molecular complexity index is 897. The number of aliphatic hydroxyl groups excluding tert-OH is 1. The highest BCUT2D eigenvalue weighted by Gasteiger charge is 2.23. The van der Waals surface area contributed by atoms with Gasteiger partial charge >= 0.3 is 0 Å². The molecule has 0 aromatic heterocycles. The Labute approximate surface area is 282 Å². The summed E-state index contributed by atoms with van der Waals surface area (Å²) in [4.78, 5) is 25.1. The Morgan fingerprint density at radius 3 is 1.96 bits per heavy atom. The number of unbranched alkanes of at least 4 members (excludes halogenated alkanes) is 12. The molecule has 0 aliphatic heterocycles. The van der Waals surface area contributed by atoms with Gasteiger partial charge in [-0.1, -0.05) is 114 Å². The van der Waals surface area contributed by atoms with E-state index < -0.39 is 26.6 Å². The van der Waals surface area contributed by atoms with Crippen LogP contribution in [0.1, 0.15) is 129 Å². The average molecular weight is 669 g/mol. The first kappa shape index (κ1) is 44.5. The largest absolute Gasteiger partial charge is 0.756 e. The standard InChI is InChI=1S/C37H69N2O6P/c1-6-8-10-12-14-16-18-19-20-21-23-25-27-29-31-37(41)38-35(34-45-46(42,43)44-33-32-39(3,4)5)36(40)30-28-26-24-22-17-15-13-11-9-7-2/h12,14,17-19,22,28,30,35-36,40H,6-11,13,15-16,20-21,23-27,29,31-34H2,1-5H3,(H-,38,41,42,43)/b14-12-,19-18-,22-17+,30-28+. The second-order valence-corrected chi connectivity index (χ2v) is 14.6. The summed E-state index contributed by atoms with van der Waals surface area (Å²) in [6.07, 6.45) is 34.4. The Hall–Kier alpha value is -1.54. The predicted molar refractivity (Wildman–Crippen MR) is 191 cm³/mol. The number of hydrogen-bond donors (Lipinski definition) is 2. The van der Waals surface area contributed by atoms with E-state index in [4.69, 9.17) is 9.05 Å². The van der Waals surface area contributed by atoms with Crippen LogP contribution >= 0.6 is 7.82 Å². The summed E-state index contributed by atoms with van der Waals surface area (Å²) >= 11 is 0. The van der Waals surface area contributed by atoms with Crippen molar-refractivity contribution in [1.29, 1.82) is 0 Å². The molecule has 1 amide bonds. The summed E-state index contributed by atoms with van der Waals surface area (Å²) < 4.78 is 23.0. The quantitative estimate of drug-likeness (QED) is 0.0333. The topological polar surface area (TPSA) is 108 Å². The fraction of sp³-hybridized carbons (Fsp3) is 0.757. The highest BCUT2D eigenvalue weighted by Crippen LogP contribution is 2.38. The molecule has 0 spiro atoms. The van der Waals surface area contributed by atoms with Crippen molar-refractivity contribution in [2.75, 3.05) is 40.9 Å². The molecule has 0 rings (SSSR count). The van der Waals surface area contributed by atoms with Crippen LogP contribution in [-0.4, -0.2) is 68.5 Å². The van der Waals surface area contributed by atoms with Crippen LogP contribution in [0.15, 0.2) is 48.6 Å². The van der Waals surface area contributed by atoms with Crippen LogP contribution in [0.4, 0.5) is 0 Å². The lowest BCUT2D eigenvalue weighted by Gasteiger charge is -2.29. The third kappa shape index (κ3) is 31.1. The lowest BCUT2D eigenvalue weighted by molar-refractivity contribution is -0.870. The second-order valence-electron chi connectivity index (χ2n) is 13.2. The highest BCUT2D eigenvalue weighted by molar-refractivity contribution is 7.45. The summed E-state index contributed by atoms with van der Waals surface area (Å²) in [5, 5.41) is 13.6. The SMILES string of the molecule is CCCC/C=C\C/C=C\CCCCCCCC(=O)NC(COP(=O)([O-])OCC[N+](C)(C)C)C(O)/C=C/CC/C=C/CCCCCC. The number of quaternary nitrogens is 1. The van der Waals surface area contributed by atoms with Crippen LogP contribution in [0, 0.1) is 0 Å². The van der Waals surface area contributed by atoms with Gasteiger partial charge in [-0.25, -0.2) is 0 Å². The molecule has 0 aromatic carbocycles. The smallest absolute Gasteiger partial charge is 0.268 e. The van der Waals surface area contributed by atoms with E-state index in [1.54, 1.807) is 6.08 Å². The van der Waals surface area contributed by atoms with Gasteiger partial charge in [-0.15, -0.1) is 0 Å². The zero-order chi connectivity index (χ0) is 34.4. The van der Waals surface area contributed by atoms with Gasteiger partial charge in [0.1, 0.15) is 13.2 Å². The van der Waals surface area contributed by atoms with Crippen molar-refractivity contribution < 1.29 is 32.9 Å². The number of allylic oxidation sites excluding steroid dienone is 7. The fourth-order valence-electron chi connectivity index (χ4n) is 4.53. The summed E-state index contributed by atoms with van der Waals surface area (Å²) in [6, 6.07) is -0.907. The van der Waals surface area contributed by atoms with Gasteiger partial charge in [0.25, 0.3) is 7.82 Å². The molecule has 268 valence electrons. The van der Waals surface area contributed by atoms with Gasteiger partial charge in [-0.3, -0.25) is 9.36 Å². The van der Waals surface area contributed by atoms with Crippen molar-refractivity contribution in [3.63, 3.8) is 0 Å². The lowest BCUT2D eigenvalue weighted by Crippen LogP contribution is -2.45. The molecule has 0 aliphatic rings. The number of phosphoric acid groups is 1.